The summed E-state index contributed by atoms with van der Waals surface area (Å²) in [4.78, 5) is 19.0. The largest absolute Gasteiger partial charge is 0.497 e. The molecule has 8 heteroatoms. The second kappa shape index (κ2) is 11.9. The molecule has 1 atom stereocenters. The molecule has 5 rings (SSSR count). The number of methoxy groups -OCH3 is 1. The van der Waals surface area contributed by atoms with Crippen LogP contribution in [0.2, 0.25) is 5.02 Å². The zero-order valence-corrected chi connectivity index (χ0v) is 24.3. The summed E-state index contributed by atoms with van der Waals surface area (Å²) in [6, 6.07) is 17.3. The van der Waals surface area contributed by atoms with Crippen molar-refractivity contribution in [3.05, 3.63) is 116 Å². The Bertz CT molecular complexity index is 1780. The van der Waals surface area contributed by atoms with Crippen molar-refractivity contribution in [1.82, 2.24) is 9.55 Å². The summed E-state index contributed by atoms with van der Waals surface area (Å²) in [5.74, 6) is 1.43. The first kappa shape index (κ1) is 28.6. The van der Waals surface area contributed by atoms with Gasteiger partial charge in [-0.3, -0.25) is 4.79 Å². The van der Waals surface area contributed by atoms with E-state index in [0.717, 1.165) is 11.3 Å². The van der Waals surface area contributed by atoms with Crippen LogP contribution >= 0.6 is 11.6 Å². The molecule has 3 aromatic carbocycles. The molecule has 6 nitrogen and oxygen atoms in total. The van der Waals surface area contributed by atoms with Crippen molar-refractivity contribution in [2.24, 2.45) is 11.7 Å². The number of fused-ring (bicyclic) bond motifs is 1. The standard InChI is InChI=1S/C33H33ClFN3O3/c1-19(2)30(38-18-24(12-13-36)37-33(38)22-9-8-20(3)28(35)16-22)32-27(15-21-6-5-7-25(14-21)40-4)31(39)26-11-10-23(34)17-29(26)41-32/h5-11,14,16-19,30H,12-13,15,36H2,1-4H3. The summed E-state index contributed by atoms with van der Waals surface area (Å²) in [6.07, 6.45) is 2.81. The molecule has 0 bridgehead atoms. The summed E-state index contributed by atoms with van der Waals surface area (Å²) < 4.78 is 28.7. The van der Waals surface area contributed by atoms with Crippen molar-refractivity contribution in [1.29, 1.82) is 0 Å². The SMILES string of the molecule is COc1cccc(Cc2c(C(C(C)C)n3cc(CCN)nc3-c3ccc(C)c(F)c3)oc3cc(Cl)ccc3c2=O)c1. The van der Waals surface area contributed by atoms with Crippen molar-refractivity contribution in [3.63, 3.8) is 0 Å². The van der Waals surface area contributed by atoms with Crippen molar-refractivity contribution >= 4 is 22.6 Å². The lowest BCUT2D eigenvalue weighted by atomic mass is 9.93. The molecule has 212 valence electrons. The highest BCUT2D eigenvalue weighted by atomic mass is 35.5. The number of hydrogen-bond acceptors (Lipinski definition) is 5. The Hall–Kier alpha value is -3.94. The summed E-state index contributed by atoms with van der Waals surface area (Å²) in [7, 11) is 1.61. The van der Waals surface area contributed by atoms with Gasteiger partial charge in [0.25, 0.3) is 0 Å². The zero-order chi connectivity index (χ0) is 29.3. The number of hydrogen-bond donors (Lipinski definition) is 1. The Labute approximate surface area is 243 Å². The van der Waals surface area contributed by atoms with Gasteiger partial charge in [-0.1, -0.05) is 49.7 Å². The van der Waals surface area contributed by atoms with Gasteiger partial charge in [0, 0.05) is 41.3 Å². The third-order valence-corrected chi connectivity index (χ3v) is 7.54. The first-order valence-corrected chi connectivity index (χ1v) is 14.0. The minimum Gasteiger partial charge on any atom is -0.497 e. The highest BCUT2D eigenvalue weighted by Gasteiger charge is 2.30. The van der Waals surface area contributed by atoms with Crippen molar-refractivity contribution < 1.29 is 13.5 Å². The highest BCUT2D eigenvalue weighted by Crippen LogP contribution is 2.36. The maximum atomic E-state index is 14.7. The molecule has 0 saturated carbocycles. The first-order valence-electron chi connectivity index (χ1n) is 13.6. The minimum absolute atomic E-state index is 0.0344. The molecule has 0 aliphatic carbocycles. The van der Waals surface area contributed by atoms with Gasteiger partial charge < -0.3 is 19.5 Å². The van der Waals surface area contributed by atoms with Gasteiger partial charge >= 0.3 is 0 Å². The van der Waals surface area contributed by atoms with Crippen molar-refractivity contribution in [3.8, 4) is 17.1 Å². The second-order valence-electron chi connectivity index (χ2n) is 10.6. The molecule has 0 amide bonds. The average Bonchev–Trinajstić information content (AvgIpc) is 3.35. The number of aromatic nitrogens is 2. The van der Waals surface area contributed by atoms with Crippen LogP contribution in [0.25, 0.3) is 22.4 Å². The molecule has 0 aliphatic heterocycles. The third-order valence-electron chi connectivity index (χ3n) is 7.31. The Morgan fingerprint density at radius 1 is 1.12 bits per heavy atom. The molecular formula is C33H33ClFN3O3. The number of aryl methyl sites for hydroxylation is 1. The molecule has 0 spiro atoms. The third kappa shape index (κ3) is 5.78. The van der Waals surface area contributed by atoms with E-state index in [-0.39, 0.29) is 17.2 Å². The van der Waals surface area contributed by atoms with E-state index < -0.39 is 6.04 Å². The van der Waals surface area contributed by atoms with Crippen LogP contribution in [-0.4, -0.2) is 23.2 Å². The Balaban J connectivity index is 1.78. The van der Waals surface area contributed by atoms with Gasteiger partial charge in [-0.15, -0.1) is 0 Å². The van der Waals surface area contributed by atoms with Crippen LogP contribution in [0.3, 0.4) is 0 Å². The van der Waals surface area contributed by atoms with Crippen LogP contribution in [0.1, 0.15) is 48.0 Å². The van der Waals surface area contributed by atoms with Crippen molar-refractivity contribution in [2.75, 3.05) is 13.7 Å². The molecule has 2 aromatic heterocycles. The highest BCUT2D eigenvalue weighted by molar-refractivity contribution is 6.31. The summed E-state index contributed by atoms with van der Waals surface area (Å²) in [6.45, 7) is 6.26. The van der Waals surface area contributed by atoms with Crippen LogP contribution < -0.4 is 15.9 Å². The van der Waals surface area contributed by atoms with Gasteiger partial charge in [-0.05, 0) is 60.8 Å². The smallest absolute Gasteiger partial charge is 0.196 e. The summed E-state index contributed by atoms with van der Waals surface area (Å²) >= 11 is 6.32. The minimum atomic E-state index is -0.440. The molecule has 2 N–H and O–H groups in total. The van der Waals surface area contributed by atoms with Gasteiger partial charge in [-0.2, -0.15) is 0 Å². The van der Waals surface area contributed by atoms with Crippen LogP contribution in [0.15, 0.2) is 76.1 Å². The van der Waals surface area contributed by atoms with Gasteiger partial charge in [0.05, 0.1) is 24.2 Å². The van der Waals surface area contributed by atoms with Gasteiger partial charge in [0.1, 0.15) is 28.7 Å². The van der Waals surface area contributed by atoms with Gasteiger partial charge in [0.2, 0.25) is 0 Å². The van der Waals surface area contributed by atoms with E-state index in [1.54, 1.807) is 38.3 Å². The van der Waals surface area contributed by atoms with E-state index >= 15 is 0 Å². The number of ether oxygens (including phenoxy) is 1. The normalized spacial score (nSPS) is 12.3. The fourth-order valence-electron chi connectivity index (χ4n) is 5.24. The zero-order valence-electron chi connectivity index (χ0n) is 23.6. The molecule has 0 aliphatic rings. The van der Waals surface area contributed by atoms with Gasteiger partial charge in [-0.25, -0.2) is 9.37 Å². The summed E-state index contributed by atoms with van der Waals surface area (Å²) in [5, 5.41) is 0.922. The van der Waals surface area contributed by atoms with E-state index in [2.05, 4.69) is 13.8 Å². The fourth-order valence-corrected chi connectivity index (χ4v) is 5.40. The van der Waals surface area contributed by atoms with E-state index in [4.69, 9.17) is 31.5 Å². The van der Waals surface area contributed by atoms with Crippen molar-refractivity contribution in [2.45, 2.75) is 39.7 Å². The maximum Gasteiger partial charge on any atom is 0.196 e. The number of nitrogens with two attached hydrogens (primary N) is 1. The van der Waals surface area contributed by atoms with Gasteiger partial charge in [0.15, 0.2) is 5.43 Å². The average molecular weight is 574 g/mol. The Kier molecular flexibility index (Phi) is 8.29. The molecule has 0 radical (unpaired) electrons. The molecule has 0 fully saturated rings. The maximum absolute atomic E-state index is 14.7. The molecular weight excluding hydrogens is 541 g/mol. The number of benzene rings is 3. The van der Waals surface area contributed by atoms with E-state index in [0.29, 0.717) is 69.4 Å². The van der Waals surface area contributed by atoms with Crippen LogP contribution in [-0.2, 0) is 12.8 Å². The quantitative estimate of drug-likeness (QED) is 0.203. The Morgan fingerprint density at radius 2 is 1.93 bits per heavy atom. The van der Waals surface area contributed by atoms with E-state index in [1.165, 1.54) is 6.07 Å². The molecule has 41 heavy (non-hydrogen) atoms. The first-order chi connectivity index (χ1) is 19.7. The fraction of sp³-hybridized carbons (Fsp3) is 0.273. The second-order valence-corrected chi connectivity index (χ2v) is 11.0. The predicted octanol–water partition coefficient (Wildman–Crippen LogP) is 7.10. The number of imidazole rings is 1. The number of nitrogens with zero attached hydrogens (tertiary/aromatic N) is 2. The van der Waals surface area contributed by atoms with E-state index in [9.17, 15) is 9.18 Å². The monoisotopic (exact) mass is 573 g/mol. The lowest BCUT2D eigenvalue weighted by Gasteiger charge is -2.26. The van der Waals surface area contributed by atoms with Crippen LogP contribution in [0, 0.1) is 18.7 Å². The summed E-state index contributed by atoms with van der Waals surface area (Å²) in [5.41, 5.74) is 9.55. The topological polar surface area (TPSA) is 83.3 Å². The Morgan fingerprint density at radius 3 is 2.63 bits per heavy atom. The molecule has 0 saturated heterocycles. The number of rotatable bonds is 9. The number of halogens is 2. The van der Waals surface area contributed by atoms with E-state index in [1.807, 2.05) is 41.1 Å². The lowest BCUT2D eigenvalue weighted by molar-refractivity contribution is 0.359. The molecule has 1 unspecified atom stereocenters. The molecule has 2 heterocycles. The van der Waals surface area contributed by atoms with Crippen LogP contribution in [0.5, 0.6) is 5.75 Å². The predicted molar refractivity (Wildman–Crippen MR) is 161 cm³/mol. The lowest BCUT2D eigenvalue weighted by Crippen LogP contribution is -2.23. The molecule has 5 aromatic rings. The van der Waals surface area contributed by atoms with Crippen LogP contribution in [0.4, 0.5) is 4.39 Å².